The number of pyridine rings is 1. The first-order valence-electron chi connectivity index (χ1n) is 9.37. The summed E-state index contributed by atoms with van der Waals surface area (Å²) in [4.78, 5) is 27.9. The Morgan fingerprint density at radius 3 is 2.65 bits per heavy atom. The van der Waals surface area contributed by atoms with Crippen molar-refractivity contribution in [2.45, 2.75) is 13.3 Å². The number of anilines is 1. The van der Waals surface area contributed by atoms with Crippen LogP contribution in [-0.2, 0) is 16.6 Å². The molecule has 2 atom stereocenters. The zero-order valence-corrected chi connectivity index (χ0v) is 16.6. The second-order valence-electron chi connectivity index (χ2n) is 7.48. The van der Waals surface area contributed by atoms with Crippen LogP contribution in [0, 0.1) is 23.0 Å². The van der Waals surface area contributed by atoms with Gasteiger partial charge in [-0.15, -0.1) is 0 Å². The zero-order chi connectivity index (χ0) is 22.3. The number of hydrogen-bond donors (Lipinski definition) is 2. The number of halogens is 2. The maximum absolute atomic E-state index is 14.6. The van der Waals surface area contributed by atoms with Gasteiger partial charge >= 0.3 is 5.97 Å². The van der Waals surface area contributed by atoms with Crippen molar-refractivity contribution in [3.63, 3.8) is 0 Å². The molecule has 1 fully saturated rings. The number of nitrogens with one attached hydrogen (secondary N) is 1. The third kappa shape index (κ3) is 3.72. The number of aryl methyl sites for hydroxylation is 1. The van der Waals surface area contributed by atoms with Gasteiger partial charge < -0.3 is 15.2 Å². The highest BCUT2D eigenvalue weighted by Crippen LogP contribution is 2.53. The Morgan fingerprint density at radius 1 is 1.29 bits per heavy atom. The topological polar surface area (TPSA) is 106 Å². The van der Waals surface area contributed by atoms with Crippen LogP contribution in [0.4, 0.5) is 14.5 Å². The van der Waals surface area contributed by atoms with Gasteiger partial charge in [-0.2, -0.15) is 5.10 Å². The molecule has 0 saturated heterocycles. The predicted octanol–water partition coefficient (Wildman–Crippen LogP) is 3.60. The van der Waals surface area contributed by atoms with E-state index in [1.54, 1.807) is 37.1 Å². The first kappa shape index (κ1) is 20.5. The average molecular weight is 428 g/mol. The van der Waals surface area contributed by atoms with E-state index in [9.17, 15) is 23.5 Å². The lowest BCUT2D eigenvalue weighted by Gasteiger charge is -2.14. The molecule has 2 aromatic heterocycles. The van der Waals surface area contributed by atoms with E-state index in [0.29, 0.717) is 5.69 Å². The summed E-state index contributed by atoms with van der Waals surface area (Å²) in [5, 5.41) is 15.5. The van der Waals surface area contributed by atoms with E-state index >= 15 is 0 Å². The van der Waals surface area contributed by atoms with Crippen LogP contribution in [0.2, 0.25) is 0 Å². The van der Waals surface area contributed by atoms with Gasteiger partial charge in [0.05, 0.1) is 17.6 Å². The van der Waals surface area contributed by atoms with Crippen LogP contribution in [-0.4, -0.2) is 31.7 Å². The Kier molecular flexibility index (Phi) is 4.92. The number of carbonyl (C=O) groups excluding carboxylic acids is 1. The van der Waals surface area contributed by atoms with E-state index in [1.807, 2.05) is 0 Å². The summed E-state index contributed by atoms with van der Waals surface area (Å²) in [5.41, 5.74) is -0.815. The molecule has 10 heteroatoms. The maximum atomic E-state index is 14.6. The maximum Gasteiger partial charge on any atom is 0.319 e. The molecule has 1 aliphatic rings. The number of ether oxygens (including phenoxy) is 1. The highest BCUT2D eigenvalue weighted by molar-refractivity contribution is 6.11. The molecule has 1 amide bonds. The summed E-state index contributed by atoms with van der Waals surface area (Å²) in [6, 6.07) is 4.58. The van der Waals surface area contributed by atoms with Gasteiger partial charge in [0, 0.05) is 43.2 Å². The number of carboxylic acids is 1. The van der Waals surface area contributed by atoms with E-state index in [-0.39, 0.29) is 18.1 Å². The van der Waals surface area contributed by atoms with Crippen LogP contribution >= 0.6 is 0 Å². The quantitative estimate of drug-likeness (QED) is 0.581. The fraction of sp³-hybridized carbons (Fsp3) is 0.238. The molecule has 1 aliphatic carbocycles. The minimum Gasteiger partial charge on any atom is -0.480 e. The number of aliphatic carboxylic acids is 1. The Balaban J connectivity index is 1.54. The van der Waals surface area contributed by atoms with Gasteiger partial charge in [0.15, 0.2) is 17.4 Å². The molecule has 2 unspecified atom stereocenters. The number of carboxylic acid groups (broad SMARTS) is 1. The fourth-order valence-corrected chi connectivity index (χ4v) is 3.39. The van der Waals surface area contributed by atoms with E-state index in [2.05, 4.69) is 15.4 Å². The van der Waals surface area contributed by atoms with Gasteiger partial charge in [0.1, 0.15) is 11.2 Å². The number of benzene rings is 1. The smallest absolute Gasteiger partial charge is 0.319 e. The zero-order valence-electron chi connectivity index (χ0n) is 16.6. The van der Waals surface area contributed by atoms with Crippen LogP contribution in [0.1, 0.15) is 13.3 Å². The largest absolute Gasteiger partial charge is 0.480 e. The second kappa shape index (κ2) is 7.46. The Bertz CT molecular complexity index is 1200. The Morgan fingerprint density at radius 2 is 2.03 bits per heavy atom. The molecule has 8 nitrogen and oxygen atoms in total. The molecule has 1 aromatic carbocycles. The van der Waals surface area contributed by atoms with Gasteiger partial charge in [-0.3, -0.25) is 19.3 Å². The SMILES string of the molecule is CC1CC1(C(=O)O)C(=O)Nc1cc(F)c(Oc2ccnc(-c3cnn(C)c3)c2)cc1F. The minimum atomic E-state index is -1.61. The molecule has 160 valence electrons. The molecule has 0 bridgehead atoms. The van der Waals surface area contributed by atoms with Crippen molar-refractivity contribution < 1.29 is 28.2 Å². The normalized spacial score (nSPS) is 19.7. The average Bonchev–Trinajstić information content (AvgIpc) is 3.23. The second-order valence-corrected chi connectivity index (χ2v) is 7.48. The summed E-state index contributed by atoms with van der Waals surface area (Å²) in [7, 11) is 1.75. The van der Waals surface area contributed by atoms with E-state index < -0.39 is 40.4 Å². The number of aromatic nitrogens is 3. The number of nitrogens with zero attached hydrogens (tertiary/aromatic N) is 3. The highest BCUT2D eigenvalue weighted by Gasteiger charge is 2.63. The van der Waals surface area contributed by atoms with Crippen molar-refractivity contribution in [1.82, 2.24) is 14.8 Å². The van der Waals surface area contributed by atoms with Crippen LogP contribution < -0.4 is 10.1 Å². The molecule has 1 saturated carbocycles. The molecule has 2 N–H and O–H groups in total. The standard InChI is InChI=1S/C21H18F2N4O4/c1-11-8-21(11,20(29)30)19(28)26-17-6-15(23)18(7-14(17)22)31-13-3-4-24-16(5-13)12-9-25-27(2)10-12/h3-7,9-11H,8H2,1-2H3,(H,26,28)(H,29,30). The van der Waals surface area contributed by atoms with Gasteiger partial charge in [0.2, 0.25) is 5.91 Å². The van der Waals surface area contributed by atoms with Crippen LogP contribution in [0.15, 0.2) is 42.9 Å². The number of rotatable bonds is 6. The summed E-state index contributed by atoms with van der Waals surface area (Å²) in [6.45, 7) is 1.61. The molecule has 31 heavy (non-hydrogen) atoms. The third-order valence-corrected chi connectivity index (χ3v) is 5.33. The van der Waals surface area contributed by atoms with Crippen molar-refractivity contribution >= 4 is 17.6 Å². The summed E-state index contributed by atoms with van der Waals surface area (Å²) < 4.78 is 36.1. The van der Waals surface area contributed by atoms with Crippen molar-refractivity contribution in [3.8, 4) is 22.8 Å². The molecular weight excluding hydrogens is 410 g/mol. The van der Waals surface area contributed by atoms with Gasteiger partial charge in [0.25, 0.3) is 0 Å². The molecule has 4 rings (SSSR count). The van der Waals surface area contributed by atoms with Crippen LogP contribution in [0.3, 0.4) is 0 Å². The molecule has 0 radical (unpaired) electrons. The Hall–Kier alpha value is -3.82. The lowest BCUT2D eigenvalue weighted by molar-refractivity contribution is -0.148. The molecule has 2 heterocycles. The number of hydrogen-bond acceptors (Lipinski definition) is 5. The van der Waals surface area contributed by atoms with Gasteiger partial charge in [-0.05, 0) is 18.4 Å². The predicted molar refractivity (Wildman–Crippen MR) is 105 cm³/mol. The van der Waals surface area contributed by atoms with Crippen molar-refractivity contribution in [1.29, 1.82) is 0 Å². The minimum absolute atomic E-state index is 0.140. The first-order chi connectivity index (χ1) is 14.7. The highest BCUT2D eigenvalue weighted by atomic mass is 19.1. The van der Waals surface area contributed by atoms with Crippen molar-refractivity contribution in [3.05, 3.63) is 54.5 Å². The molecule has 3 aromatic rings. The molecular formula is C21H18F2N4O4. The first-order valence-corrected chi connectivity index (χ1v) is 9.37. The lowest BCUT2D eigenvalue weighted by atomic mass is 10.0. The summed E-state index contributed by atoms with van der Waals surface area (Å²) >= 11 is 0. The van der Waals surface area contributed by atoms with Crippen molar-refractivity contribution in [2.24, 2.45) is 18.4 Å². The van der Waals surface area contributed by atoms with Gasteiger partial charge in [-0.1, -0.05) is 6.92 Å². The number of amides is 1. The summed E-state index contributed by atoms with van der Waals surface area (Å²) in [5.74, 6) is -4.62. The summed E-state index contributed by atoms with van der Waals surface area (Å²) in [6.07, 6.45) is 4.95. The van der Waals surface area contributed by atoms with E-state index in [4.69, 9.17) is 4.74 Å². The number of carbonyl (C=O) groups is 2. The van der Waals surface area contributed by atoms with E-state index in [0.717, 1.165) is 17.7 Å². The Labute approximate surface area is 175 Å². The van der Waals surface area contributed by atoms with Crippen LogP contribution in [0.5, 0.6) is 11.5 Å². The monoisotopic (exact) mass is 428 g/mol. The molecule has 0 aliphatic heterocycles. The fourth-order valence-electron chi connectivity index (χ4n) is 3.39. The van der Waals surface area contributed by atoms with Crippen molar-refractivity contribution in [2.75, 3.05) is 5.32 Å². The molecule has 0 spiro atoms. The third-order valence-electron chi connectivity index (χ3n) is 5.33. The van der Waals surface area contributed by atoms with Crippen LogP contribution in [0.25, 0.3) is 11.3 Å². The van der Waals surface area contributed by atoms with E-state index in [1.165, 1.54) is 12.3 Å². The van der Waals surface area contributed by atoms with Gasteiger partial charge in [-0.25, -0.2) is 8.78 Å². The lowest BCUT2D eigenvalue weighted by Crippen LogP contribution is -2.33.